The van der Waals surface area contributed by atoms with Gasteiger partial charge in [-0.1, -0.05) is 6.07 Å². The minimum absolute atomic E-state index is 0.0700. The fourth-order valence-electron chi connectivity index (χ4n) is 3.08. The van der Waals surface area contributed by atoms with Gasteiger partial charge in [0.1, 0.15) is 5.82 Å². The van der Waals surface area contributed by atoms with E-state index in [1.165, 1.54) is 12.1 Å². The van der Waals surface area contributed by atoms with Gasteiger partial charge in [-0.2, -0.15) is 0 Å². The molecule has 0 spiro atoms. The Labute approximate surface area is 145 Å². The highest BCUT2D eigenvalue weighted by Crippen LogP contribution is 2.37. The Balaban J connectivity index is 1.98. The van der Waals surface area contributed by atoms with Crippen LogP contribution in [0.5, 0.6) is 0 Å². The number of carbonyl (C=O) groups is 3. The van der Waals surface area contributed by atoms with E-state index < -0.39 is 17.7 Å². The van der Waals surface area contributed by atoms with Gasteiger partial charge >= 0.3 is 17.8 Å². The van der Waals surface area contributed by atoms with Crippen molar-refractivity contribution in [3.05, 3.63) is 29.6 Å². The molecular formula is C18H22FNO5. The van der Waals surface area contributed by atoms with E-state index in [0.717, 1.165) is 25.5 Å². The van der Waals surface area contributed by atoms with Crippen LogP contribution in [0.3, 0.4) is 0 Å². The van der Waals surface area contributed by atoms with Crippen molar-refractivity contribution in [3.8, 4) is 0 Å². The Bertz CT molecular complexity index is 653. The largest absolute Gasteiger partial charge is 0.466 e. The molecule has 2 rings (SSSR count). The van der Waals surface area contributed by atoms with Crippen molar-refractivity contribution < 1.29 is 28.2 Å². The fraction of sp³-hybridized carbons (Fsp3) is 0.500. The van der Waals surface area contributed by atoms with Crippen LogP contribution in [0.1, 0.15) is 44.1 Å². The van der Waals surface area contributed by atoms with E-state index in [1.807, 2.05) is 0 Å². The zero-order chi connectivity index (χ0) is 18.4. The minimum atomic E-state index is -1.08. The summed E-state index contributed by atoms with van der Waals surface area (Å²) in [5, 5.41) is 2.18. The van der Waals surface area contributed by atoms with Gasteiger partial charge in [-0.25, -0.2) is 9.18 Å². The number of halogens is 1. The molecule has 1 aromatic rings. The van der Waals surface area contributed by atoms with Crippen molar-refractivity contribution in [2.75, 3.05) is 19.0 Å². The second-order valence-electron chi connectivity index (χ2n) is 5.99. The molecular weight excluding hydrogens is 329 g/mol. The first-order chi connectivity index (χ1) is 12.0. The first-order valence-electron chi connectivity index (χ1n) is 8.31. The number of carbonyl (C=O) groups excluding carboxylic acids is 3. The summed E-state index contributed by atoms with van der Waals surface area (Å²) in [4.78, 5) is 34.3. The highest BCUT2D eigenvalue weighted by atomic mass is 19.1. The molecule has 0 bridgehead atoms. The summed E-state index contributed by atoms with van der Waals surface area (Å²) in [5.41, 5.74) is 0.746. The van der Waals surface area contributed by atoms with Crippen LogP contribution < -0.4 is 5.32 Å². The molecule has 136 valence electrons. The summed E-state index contributed by atoms with van der Waals surface area (Å²) in [6, 6.07) is 4.52. The number of ether oxygens (including phenoxy) is 2. The zero-order valence-corrected chi connectivity index (χ0v) is 14.3. The number of anilines is 1. The normalized spacial score (nSPS) is 19.8. The van der Waals surface area contributed by atoms with Crippen LogP contribution in [0.2, 0.25) is 0 Å². The molecule has 1 amide bonds. The summed E-state index contributed by atoms with van der Waals surface area (Å²) in [7, 11) is 1.08. The third-order valence-electron chi connectivity index (χ3n) is 4.43. The molecule has 1 aromatic carbocycles. The molecule has 1 aliphatic carbocycles. The second-order valence-corrected chi connectivity index (χ2v) is 5.99. The number of benzene rings is 1. The minimum Gasteiger partial charge on any atom is -0.466 e. The molecule has 1 aliphatic rings. The molecule has 0 atom stereocenters. The van der Waals surface area contributed by atoms with E-state index in [9.17, 15) is 18.8 Å². The van der Waals surface area contributed by atoms with Gasteiger partial charge in [0.2, 0.25) is 0 Å². The predicted octanol–water partition coefficient (Wildman–Crippen LogP) is 2.77. The van der Waals surface area contributed by atoms with Crippen LogP contribution in [0.15, 0.2) is 18.2 Å². The van der Waals surface area contributed by atoms with Crippen molar-refractivity contribution in [3.63, 3.8) is 0 Å². The maximum atomic E-state index is 14.2. The number of rotatable bonds is 4. The molecule has 0 aliphatic heterocycles. The van der Waals surface area contributed by atoms with Crippen LogP contribution >= 0.6 is 0 Å². The van der Waals surface area contributed by atoms with E-state index in [2.05, 4.69) is 10.1 Å². The standard InChI is InChI=1S/C18H22FNO5/c1-3-25-17(22)12-6-4-11(5-7-12)13-8-9-15(14(19)10-13)20-16(21)18(23)24-2/h8-12H,3-7H2,1-2H3,(H,20,21). The Morgan fingerprint density at radius 1 is 1.20 bits per heavy atom. The van der Waals surface area contributed by atoms with Crippen molar-refractivity contribution in [1.29, 1.82) is 0 Å². The maximum absolute atomic E-state index is 14.2. The Morgan fingerprint density at radius 2 is 1.88 bits per heavy atom. The van der Waals surface area contributed by atoms with Crippen molar-refractivity contribution in [1.82, 2.24) is 0 Å². The van der Waals surface area contributed by atoms with Crippen molar-refractivity contribution >= 4 is 23.5 Å². The van der Waals surface area contributed by atoms with Crippen LogP contribution in [0.25, 0.3) is 0 Å². The van der Waals surface area contributed by atoms with Crippen molar-refractivity contribution in [2.24, 2.45) is 5.92 Å². The average Bonchev–Trinajstić information content (AvgIpc) is 2.63. The van der Waals surface area contributed by atoms with Gasteiger partial charge in [0.15, 0.2) is 0 Å². The van der Waals surface area contributed by atoms with Crippen LogP contribution in [-0.2, 0) is 23.9 Å². The van der Waals surface area contributed by atoms with Crippen LogP contribution in [0, 0.1) is 11.7 Å². The predicted molar refractivity (Wildman–Crippen MR) is 88.4 cm³/mol. The molecule has 7 heteroatoms. The third kappa shape index (κ3) is 4.78. The van der Waals surface area contributed by atoms with Crippen LogP contribution in [0.4, 0.5) is 10.1 Å². The Morgan fingerprint density at radius 3 is 2.44 bits per heavy atom. The Hall–Kier alpha value is -2.44. The first-order valence-corrected chi connectivity index (χ1v) is 8.31. The topological polar surface area (TPSA) is 81.7 Å². The molecule has 25 heavy (non-hydrogen) atoms. The van der Waals surface area contributed by atoms with E-state index in [-0.39, 0.29) is 23.5 Å². The lowest BCUT2D eigenvalue weighted by molar-refractivity contribution is -0.150. The van der Waals surface area contributed by atoms with Gasteiger partial charge in [0, 0.05) is 0 Å². The van der Waals surface area contributed by atoms with Crippen molar-refractivity contribution in [2.45, 2.75) is 38.5 Å². The smallest absolute Gasteiger partial charge is 0.396 e. The molecule has 0 aromatic heterocycles. The molecule has 0 heterocycles. The number of hydrogen-bond acceptors (Lipinski definition) is 5. The van der Waals surface area contributed by atoms with E-state index in [0.29, 0.717) is 19.4 Å². The lowest BCUT2D eigenvalue weighted by Gasteiger charge is -2.27. The fourth-order valence-corrected chi connectivity index (χ4v) is 3.08. The summed E-state index contributed by atoms with van der Waals surface area (Å²) in [6.07, 6.45) is 2.98. The van der Waals surface area contributed by atoms with Gasteiger partial charge in [-0.05, 0) is 56.2 Å². The zero-order valence-electron chi connectivity index (χ0n) is 14.3. The van der Waals surface area contributed by atoms with Gasteiger partial charge in [-0.3, -0.25) is 9.59 Å². The summed E-state index contributed by atoms with van der Waals surface area (Å²) >= 11 is 0. The van der Waals surface area contributed by atoms with E-state index in [4.69, 9.17) is 4.74 Å². The lowest BCUT2D eigenvalue weighted by Crippen LogP contribution is -2.24. The molecule has 1 N–H and O–H groups in total. The van der Waals surface area contributed by atoms with Gasteiger partial charge in [0.05, 0.1) is 25.3 Å². The molecule has 1 saturated carbocycles. The average molecular weight is 351 g/mol. The lowest BCUT2D eigenvalue weighted by atomic mass is 9.78. The highest BCUT2D eigenvalue weighted by molar-refractivity contribution is 6.37. The molecule has 0 unspecified atom stereocenters. The van der Waals surface area contributed by atoms with E-state index in [1.54, 1.807) is 13.0 Å². The van der Waals surface area contributed by atoms with E-state index >= 15 is 0 Å². The number of amides is 1. The molecule has 6 nitrogen and oxygen atoms in total. The molecule has 0 radical (unpaired) electrons. The monoisotopic (exact) mass is 351 g/mol. The molecule has 1 fully saturated rings. The van der Waals surface area contributed by atoms with Gasteiger partial charge in [0.25, 0.3) is 0 Å². The number of nitrogens with one attached hydrogen (secondary N) is 1. The first kappa shape index (κ1) is 18.9. The third-order valence-corrected chi connectivity index (χ3v) is 4.43. The molecule has 0 saturated heterocycles. The number of esters is 2. The number of methoxy groups -OCH3 is 1. The highest BCUT2D eigenvalue weighted by Gasteiger charge is 2.28. The van der Waals surface area contributed by atoms with Crippen LogP contribution in [-0.4, -0.2) is 31.6 Å². The summed E-state index contributed by atoms with van der Waals surface area (Å²) in [6.45, 7) is 2.16. The summed E-state index contributed by atoms with van der Waals surface area (Å²) < 4.78 is 23.5. The summed E-state index contributed by atoms with van der Waals surface area (Å²) in [5.74, 6) is -2.80. The quantitative estimate of drug-likeness (QED) is 0.666. The number of hydrogen-bond donors (Lipinski definition) is 1. The van der Waals surface area contributed by atoms with Gasteiger partial charge in [-0.15, -0.1) is 0 Å². The Kier molecular flexibility index (Phi) is 6.50. The van der Waals surface area contributed by atoms with Gasteiger partial charge < -0.3 is 14.8 Å². The SMILES string of the molecule is CCOC(=O)C1CCC(c2ccc(NC(=O)C(=O)OC)c(F)c2)CC1. The second kappa shape index (κ2) is 8.60. The maximum Gasteiger partial charge on any atom is 0.396 e.